The molecule has 2 aromatic rings. The zero-order valence-corrected chi connectivity index (χ0v) is 17.6. The number of rotatable bonds is 10. The molecule has 0 aliphatic carbocycles. The fraction of sp³-hybridized carbons (Fsp3) is 0.579. The van der Waals surface area contributed by atoms with Crippen LogP contribution in [0.2, 0.25) is 0 Å². The molecule has 0 unspecified atom stereocenters. The van der Waals surface area contributed by atoms with Gasteiger partial charge in [-0.3, -0.25) is 9.98 Å². The van der Waals surface area contributed by atoms with E-state index >= 15 is 0 Å². The second kappa shape index (κ2) is 11.6. The fourth-order valence-electron chi connectivity index (χ4n) is 2.73. The molecular formula is C19H31N7S. The first-order valence-electron chi connectivity index (χ1n) is 9.44. The maximum atomic E-state index is 4.37. The lowest BCUT2D eigenvalue weighted by Crippen LogP contribution is -2.39. The molecule has 8 heteroatoms. The van der Waals surface area contributed by atoms with Crippen molar-refractivity contribution in [1.29, 1.82) is 0 Å². The van der Waals surface area contributed by atoms with Gasteiger partial charge in [0.2, 0.25) is 0 Å². The van der Waals surface area contributed by atoms with E-state index in [4.69, 9.17) is 0 Å². The molecule has 148 valence electrons. The van der Waals surface area contributed by atoms with Crippen LogP contribution < -0.4 is 10.6 Å². The molecule has 0 aromatic carbocycles. The first-order chi connectivity index (χ1) is 13.1. The van der Waals surface area contributed by atoms with Crippen LogP contribution >= 0.6 is 11.8 Å². The maximum absolute atomic E-state index is 4.37. The molecule has 0 amide bonds. The average molecular weight is 390 g/mol. The van der Waals surface area contributed by atoms with Gasteiger partial charge in [-0.1, -0.05) is 31.7 Å². The van der Waals surface area contributed by atoms with E-state index in [-0.39, 0.29) is 0 Å². The van der Waals surface area contributed by atoms with Crippen molar-refractivity contribution in [3.8, 4) is 0 Å². The van der Waals surface area contributed by atoms with Crippen LogP contribution in [0.3, 0.4) is 0 Å². The lowest BCUT2D eigenvalue weighted by Gasteiger charge is -2.13. The smallest absolute Gasteiger partial charge is 0.190 e. The molecule has 7 nitrogen and oxygen atoms in total. The summed E-state index contributed by atoms with van der Waals surface area (Å²) in [5, 5.41) is 16.4. The molecule has 0 spiro atoms. The number of aromatic nitrogens is 4. The van der Waals surface area contributed by atoms with E-state index in [1.807, 2.05) is 30.7 Å². The Morgan fingerprint density at radius 2 is 2.00 bits per heavy atom. The monoisotopic (exact) mass is 389 g/mol. The van der Waals surface area contributed by atoms with Crippen LogP contribution in [0.15, 0.2) is 34.5 Å². The molecule has 0 atom stereocenters. The number of thioether (sulfide) groups is 1. The molecule has 0 aliphatic heterocycles. The summed E-state index contributed by atoms with van der Waals surface area (Å²) in [6.45, 7) is 7.04. The predicted octanol–water partition coefficient (Wildman–Crippen LogP) is 2.39. The topological polar surface area (TPSA) is 80.0 Å². The number of pyridine rings is 1. The van der Waals surface area contributed by atoms with Crippen molar-refractivity contribution >= 4 is 17.7 Å². The van der Waals surface area contributed by atoms with E-state index in [2.05, 4.69) is 49.2 Å². The van der Waals surface area contributed by atoms with E-state index in [0.29, 0.717) is 5.92 Å². The van der Waals surface area contributed by atoms with Gasteiger partial charge in [-0.05, 0) is 30.7 Å². The van der Waals surface area contributed by atoms with E-state index in [0.717, 1.165) is 61.5 Å². The summed E-state index contributed by atoms with van der Waals surface area (Å²) in [5.41, 5.74) is 1.08. The van der Waals surface area contributed by atoms with Crippen molar-refractivity contribution in [2.75, 3.05) is 26.4 Å². The van der Waals surface area contributed by atoms with Gasteiger partial charge in [-0.2, -0.15) is 0 Å². The second-order valence-corrected chi connectivity index (χ2v) is 7.48. The lowest BCUT2D eigenvalue weighted by atomic mass is 10.2. The van der Waals surface area contributed by atoms with E-state index in [9.17, 15) is 0 Å². The van der Waals surface area contributed by atoms with Crippen molar-refractivity contribution in [2.45, 2.75) is 44.8 Å². The summed E-state index contributed by atoms with van der Waals surface area (Å²) in [6, 6.07) is 5.98. The molecule has 0 aliphatic rings. The van der Waals surface area contributed by atoms with Crippen molar-refractivity contribution in [2.24, 2.45) is 10.9 Å². The Morgan fingerprint density at radius 3 is 2.67 bits per heavy atom. The fourth-order valence-corrected chi connectivity index (χ4v) is 3.26. The Bertz CT molecular complexity index is 697. The number of nitrogens with zero attached hydrogens (tertiary/aromatic N) is 5. The molecule has 0 bridgehead atoms. The summed E-state index contributed by atoms with van der Waals surface area (Å²) >= 11 is 1.65. The van der Waals surface area contributed by atoms with Crippen LogP contribution in [-0.2, 0) is 19.4 Å². The molecular weight excluding hydrogens is 358 g/mol. The van der Waals surface area contributed by atoms with Crippen LogP contribution in [0.4, 0.5) is 0 Å². The third kappa shape index (κ3) is 7.21. The number of aryl methyl sites for hydroxylation is 1. The van der Waals surface area contributed by atoms with Gasteiger partial charge in [0, 0.05) is 51.4 Å². The van der Waals surface area contributed by atoms with Gasteiger partial charge in [0.25, 0.3) is 0 Å². The standard InChI is InChI=1S/C19H31N7S/c1-15(2)14-26-17(24-25-19(26)27-4)9-7-12-22-18(20-3)23-13-10-16-8-5-6-11-21-16/h5-6,8,11,15H,7,9-10,12-14H2,1-4H3,(H2,20,22,23). The Labute approximate surface area is 166 Å². The van der Waals surface area contributed by atoms with Gasteiger partial charge in [0.05, 0.1) is 0 Å². The average Bonchev–Trinajstić information content (AvgIpc) is 3.05. The largest absolute Gasteiger partial charge is 0.356 e. The van der Waals surface area contributed by atoms with E-state index < -0.39 is 0 Å². The Balaban J connectivity index is 1.72. The molecule has 0 fully saturated rings. The first-order valence-corrected chi connectivity index (χ1v) is 10.7. The number of guanidine groups is 1. The van der Waals surface area contributed by atoms with Crippen molar-refractivity contribution in [1.82, 2.24) is 30.4 Å². The minimum atomic E-state index is 0.575. The molecule has 0 radical (unpaired) electrons. The molecule has 2 heterocycles. The highest BCUT2D eigenvalue weighted by Crippen LogP contribution is 2.16. The first kappa shape index (κ1) is 21.2. The highest BCUT2D eigenvalue weighted by molar-refractivity contribution is 7.98. The zero-order chi connectivity index (χ0) is 19.5. The second-order valence-electron chi connectivity index (χ2n) is 6.71. The van der Waals surface area contributed by atoms with Crippen molar-refractivity contribution in [3.63, 3.8) is 0 Å². The highest BCUT2D eigenvalue weighted by atomic mass is 32.2. The van der Waals surface area contributed by atoms with Crippen LogP contribution in [-0.4, -0.2) is 52.1 Å². The maximum Gasteiger partial charge on any atom is 0.190 e. The lowest BCUT2D eigenvalue weighted by molar-refractivity contribution is 0.477. The normalized spacial score (nSPS) is 11.8. The summed E-state index contributed by atoms with van der Waals surface area (Å²) in [7, 11) is 1.79. The quantitative estimate of drug-likeness (QED) is 0.281. The van der Waals surface area contributed by atoms with Crippen molar-refractivity contribution in [3.05, 3.63) is 35.9 Å². The minimum absolute atomic E-state index is 0.575. The van der Waals surface area contributed by atoms with Crippen LogP contribution in [0.1, 0.15) is 31.8 Å². The van der Waals surface area contributed by atoms with Crippen LogP contribution in [0, 0.1) is 5.92 Å². The summed E-state index contributed by atoms with van der Waals surface area (Å²) in [5.74, 6) is 2.46. The number of aliphatic imine (C=N–C) groups is 1. The number of hydrogen-bond acceptors (Lipinski definition) is 5. The highest BCUT2D eigenvalue weighted by Gasteiger charge is 2.12. The number of nitrogens with one attached hydrogen (secondary N) is 2. The predicted molar refractivity (Wildman–Crippen MR) is 112 cm³/mol. The van der Waals surface area contributed by atoms with Gasteiger partial charge in [0.15, 0.2) is 11.1 Å². The Hall–Kier alpha value is -2.09. The third-order valence-electron chi connectivity index (χ3n) is 4.02. The molecule has 2 N–H and O–H groups in total. The van der Waals surface area contributed by atoms with Gasteiger partial charge in [-0.25, -0.2) is 0 Å². The number of hydrogen-bond donors (Lipinski definition) is 2. The molecule has 2 aromatic heterocycles. The third-order valence-corrected chi connectivity index (χ3v) is 4.68. The van der Waals surface area contributed by atoms with Gasteiger partial charge in [-0.15, -0.1) is 10.2 Å². The van der Waals surface area contributed by atoms with Crippen LogP contribution in [0.5, 0.6) is 0 Å². The van der Waals surface area contributed by atoms with Gasteiger partial charge >= 0.3 is 0 Å². The summed E-state index contributed by atoms with van der Waals surface area (Å²) < 4.78 is 2.25. The Kier molecular flexibility index (Phi) is 9.10. The molecule has 2 rings (SSSR count). The summed E-state index contributed by atoms with van der Waals surface area (Å²) in [4.78, 5) is 8.61. The van der Waals surface area contributed by atoms with Crippen molar-refractivity contribution < 1.29 is 0 Å². The molecule has 0 saturated heterocycles. The Morgan fingerprint density at radius 1 is 1.19 bits per heavy atom. The zero-order valence-electron chi connectivity index (χ0n) is 16.8. The van der Waals surface area contributed by atoms with E-state index in [1.54, 1.807) is 18.8 Å². The van der Waals surface area contributed by atoms with Gasteiger partial charge in [0.1, 0.15) is 5.82 Å². The van der Waals surface area contributed by atoms with Crippen LogP contribution in [0.25, 0.3) is 0 Å². The van der Waals surface area contributed by atoms with E-state index in [1.165, 1.54) is 0 Å². The SMILES string of the molecule is CN=C(NCCCc1nnc(SC)n1CC(C)C)NCCc1ccccn1. The van der Waals surface area contributed by atoms with Gasteiger partial charge < -0.3 is 15.2 Å². The summed E-state index contributed by atoms with van der Waals surface area (Å²) in [6.07, 6.45) is 6.62. The molecule has 0 saturated carbocycles. The minimum Gasteiger partial charge on any atom is -0.356 e. The molecule has 27 heavy (non-hydrogen) atoms.